The van der Waals surface area contributed by atoms with Gasteiger partial charge in [0, 0.05) is 34.9 Å². The van der Waals surface area contributed by atoms with Crippen molar-refractivity contribution in [2.75, 3.05) is 25.0 Å². The summed E-state index contributed by atoms with van der Waals surface area (Å²) in [4.78, 5) is 6.76. The average Bonchev–Trinajstić information content (AvgIpc) is 3.13. The second-order valence-corrected chi connectivity index (χ2v) is 7.14. The van der Waals surface area contributed by atoms with Gasteiger partial charge in [0.1, 0.15) is 11.9 Å². The van der Waals surface area contributed by atoms with Gasteiger partial charge in [-0.1, -0.05) is 28.9 Å². The van der Waals surface area contributed by atoms with Crippen molar-refractivity contribution in [1.82, 2.24) is 4.90 Å². The number of hydrogen-bond acceptors (Lipinski definition) is 4. The maximum absolute atomic E-state index is 14.5. The van der Waals surface area contributed by atoms with Gasteiger partial charge in [-0.3, -0.25) is 4.99 Å². The predicted molar refractivity (Wildman–Crippen MR) is 106 cm³/mol. The minimum atomic E-state index is -0.337. The smallest absolute Gasteiger partial charge is 0.168 e. The molecule has 1 fully saturated rings. The summed E-state index contributed by atoms with van der Waals surface area (Å²) < 4.78 is 14.5. The zero-order valence-corrected chi connectivity index (χ0v) is 15.5. The molecule has 2 aliphatic rings. The summed E-state index contributed by atoms with van der Waals surface area (Å²) in [6.07, 6.45) is 2.14. The summed E-state index contributed by atoms with van der Waals surface area (Å²) in [5.74, 6) is 0.225. The summed E-state index contributed by atoms with van der Waals surface area (Å²) in [6.45, 7) is 2.04. The maximum Gasteiger partial charge on any atom is 0.168 e. The molecule has 1 saturated heterocycles. The molecule has 2 N–H and O–H groups in total. The molecule has 0 spiro atoms. The Morgan fingerprint density at radius 3 is 2.70 bits per heavy atom. The average molecular weight is 387 g/mol. The van der Waals surface area contributed by atoms with Crippen LogP contribution in [0.3, 0.4) is 0 Å². The van der Waals surface area contributed by atoms with E-state index >= 15 is 0 Å². The molecule has 2 heterocycles. The van der Waals surface area contributed by atoms with Crippen molar-refractivity contribution in [3.63, 3.8) is 0 Å². The van der Waals surface area contributed by atoms with Gasteiger partial charge in [0.2, 0.25) is 0 Å². The molecule has 0 bridgehead atoms. The van der Waals surface area contributed by atoms with Gasteiger partial charge in [-0.05, 0) is 43.2 Å². The fourth-order valence-electron chi connectivity index (χ4n) is 3.67. The Hall–Kier alpha value is -2.60. The summed E-state index contributed by atoms with van der Waals surface area (Å²) in [5, 5.41) is 17.1. The molecule has 2 aromatic carbocycles. The zero-order chi connectivity index (χ0) is 18.8. The molecule has 2 aromatic rings. The number of nitrogens with one attached hydrogen (secondary N) is 1. The van der Waals surface area contributed by atoms with Gasteiger partial charge < -0.3 is 15.4 Å². The highest BCUT2D eigenvalue weighted by molar-refractivity contribution is 6.31. The number of benzodiazepines with no additional fused rings is 1. The normalized spacial score (nSPS) is 19.9. The van der Waals surface area contributed by atoms with Crippen LogP contribution in [-0.4, -0.2) is 47.3 Å². The van der Waals surface area contributed by atoms with E-state index in [9.17, 15) is 9.60 Å². The van der Waals surface area contributed by atoms with E-state index < -0.39 is 0 Å². The number of halogens is 2. The fourth-order valence-corrected chi connectivity index (χ4v) is 3.84. The van der Waals surface area contributed by atoms with Gasteiger partial charge in [0.15, 0.2) is 5.84 Å². The summed E-state index contributed by atoms with van der Waals surface area (Å²) in [7, 11) is 0. The molecule has 0 aliphatic carbocycles. The number of likely N-dealkylation sites (tertiary alicyclic amines) is 1. The molecule has 5 nitrogen and oxygen atoms in total. The number of amidine groups is 1. The quantitative estimate of drug-likeness (QED) is 0.355. The summed E-state index contributed by atoms with van der Waals surface area (Å²) in [5.41, 5.74) is 2.48. The van der Waals surface area contributed by atoms with Crippen LogP contribution in [0.2, 0.25) is 5.02 Å². The molecule has 4 rings (SSSR count). The Bertz CT molecular complexity index is 909. The molecule has 2 aliphatic heterocycles. The van der Waals surface area contributed by atoms with Crippen molar-refractivity contribution in [3.05, 3.63) is 64.4 Å². The van der Waals surface area contributed by atoms with E-state index in [2.05, 4.69) is 15.4 Å². The first-order valence-corrected chi connectivity index (χ1v) is 9.38. The fraction of sp³-hybridized carbons (Fsp3) is 0.300. The first-order valence-electron chi connectivity index (χ1n) is 9.00. The van der Waals surface area contributed by atoms with Crippen LogP contribution in [0.1, 0.15) is 24.0 Å². The number of hydrogen-bond donors (Lipinski definition) is 2. The van der Waals surface area contributed by atoms with E-state index in [4.69, 9.17) is 16.6 Å². The molecule has 140 valence electrons. The van der Waals surface area contributed by atoms with E-state index in [1.165, 1.54) is 6.07 Å². The van der Waals surface area contributed by atoms with Crippen LogP contribution in [0.15, 0.2) is 52.6 Å². The third kappa shape index (κ3) is 3.49. The van der Waals surface area contributed by atoms with Crippen LogP contribution in [0, 0.1) is 5.82 Å². The Balaban J connectivity index is 1.78. The maximum atomic E-state index is 14.5. The van der Waals surface area contributed by atoms with Crippen molar-refractivity contribution in [2.24, 2.45) is 10.1 Å². The summed E-state index contributed by atoms with van der Waals surface area (Å²) >= 11 is 6.20. The van der Waals surface area contributed by atoms with E-state index in [1.54, 1.807) is 30.3 Å². The number of nitrogens with zero attached hydrogens (tertiary/aromatic N) is 3. The molecule has 27 heavy (non-hydrogen) atoms. The molecule has 0 saturated carbocycles. The van der Waals surface area contributed by atoms with Gasteiger partial charge in [0.25, 0.3) is 0 Å². The van der Waals surface area contributed by atoms with Gasteiger partial charge >= 0.3 is 0 Å². The van der Waals surface area contributed by atoms with Crippen LogP contribution in [0.25, 0.3) is 0 Å². The van der Waals surface area contributed by atoms with Gasteiger partial charge in [-0.15, -0.1) is 0 Å². The highest BCUT2D eigenvalue weighted by atomic mass is 35.5. The molecule has 1 atom stereocenters. The van der Waals surface area contributed by atoms with Crippen molar-refractivity contribution >= 4 is 28.8 Å². The lowest BCUT2D eigenvalue weighted by Gasteiger charge is -2.26. The topological polar surface area (TPSA) is 60.2 Å². The monoisotopic (exact) mass is 386 g/mol. The first-order chi connectivity index (χ1) is 13.2. The van der Waals surface area contributed by atoms with Gasteiger partial charge in [0.05, 0.1) is 12.3 Å². The minimum absolute atomic E-state index is 0.308. The van der Waals surface area contributed by atoms with Crippen LogP contribution in [0.5, 0.6) is 0 Å². The standard InChI is InChI=1S/C20H20ClFN4O/c21-13-7-8-17-15(11-13)19(14-5-1-2-6-16(14)22)23-12-18(24-17)20(25-27)26-9-3-4-10-26/h1-2,5-8,11,18,24,27H,3-4,9-10,12H2. The Labute approximate surface area is 162 Å². The Kier molecular flexibility index (Phi) is 4.99. The van der Waals surface area contributed by atoms with Crippen molar-refractivity contribution < 1.29 is 9.60 Å². The number of rotatable bonds is 2. The van der Waals surface area contributed by atoms with Crippen LogP contribution < -0.4 is 5.32 Å². The lowest BCUT2D eigenvalue weighted by molar-refractivity contribution is 0.302. The SMILES string of the molecule is ON=C(C1CN=C(c2ccccc2F)c2cc(Cl)ccc2N1)N1CCCC1. The third-order valence-electron chi connectivity index (χ3n) is 4.97. The van der Waals surface area contributed by atoms with E-state index in [0.29, 0.717) is 28.7 Å². The molecule has 7 heteroatoms. The van der Waals surface area contributed by atoms with E-state index in [-0.39, 0.29) is 11.9 Å². The Morgan fingerprint density at radius 1 is 1.19 bits per heavy atom. The van der Waals surface area contributed by atoms with Gasteiger partial charge in [-0.25, -0.2) is 4.39 Å². The van der Waals surface area contributed by atoms with E-state index in [1.807, 2.05) is 6.07 Å². The molecule has 0 amide bonds. The second kappa shape index (κ2) is 7.56. The zero-order valence-electron chi connectivity index (χ0n) is 14.7. The molecular formula is C20H20ClFN4O. The molecular weight excluding hydrogens is 367 g/mol. The largest absolute Gasteiger partial charge is 0.409 e. The van der Waals surface area contributed by atoms with Crippen LogP contribution >= 0.6 is 11.6 Å². The second-order valence-electron chi connectivity index (χ2n) is 6.71. The minimum Gasteiger partial charge on any atom is -0.409 e. The van der Waals surface area contributed by atoms with Crippen molar-refractivity contribution in [3.8, 4) is 0 Å². The number of benzene rings is 2. The predicted octanol–water partition coefficient (Wildman–Crippen LogP) is 3.99. The highest BCUT2D eigenvalue weighted by Gasteiger charge is 2.29. The third-order valence-corrected chi connectivity index (χ3v) is 5.21. The molecule has 0 aromatic heterocycles. The van der Waals surface area contributed by atoms with E-state index in [0.717, 1.165) is 37.2 Å². The van der Waals surface area contributed by atoms with Crippen LogP contribution in [-0.2, 0) is 0 Å². The number of oxime groups is 1. The van der Waals surface area contributed by atoms with Gasteiger partial charge in [-0.2, -0.15) is 0 Å². The van der Waals surface area contributed by atoms with Crippen LogP contribution in [0.4, 0.5) is 10.1 Å². The lowest BCUT2D eigenvalue weighted by atomic mass is 10.00. The van der Waals surface area contributed by atoms with Crippen molar-refractivity contribution in [2.45, 2.75) is 18.9 Å². The molecule has 0 radical (unpaired) electrons. The number of fused-ring (bicyclic) bond motifs is 1. The lowest BCUT2D eigenvalue weighted by Crippen LogP contribution is -2.43. The number of aliphatic imine (C=N–C) groups is 1. The number of anilines is 1. The first kappa shape index (κ1) is 17.8. The Morgan fingerprint density at radius 2 is 1.96 bits per heavy atom. The molecule has 1 unspecified atom stereocenters. The summed E-state index contributed by atoms with van der Waals surface area (Å²) in [6, 6.07) is 11.7. The van der Waals surface area contributed by atoms with Crippen molar-refractivity contribution in [1.29, 1.82) is 0 Å². The highest BCUT2D eigenvalue weighted by Crippen LogP contribution is 2.28.